The topological polar surface area (TPSA) is 59.9 Å². The number of benzene rings is 2. The zero-order valence-electron chi connectivity index (χ0n) is 13.4. The first-order chi connectivity index (χ1) is 11.8. The summed E-state index contributed by atoms with van der Waals surface area (Å²) in [7, 11) is 0. The summed E-state index contributed by atoms with van der Waals surface area (Å²) in [5, 5.41) is 7.41. The second kappa shape index (κ2) is 5.67. The van der Waals surface area contributed by atoms with Gasteiger partial charge in [-0.3, -0.25) is 0 Å². The highest BCUT2D eigenvalue weighted by molar-refractivity contribution is 6.36. The molecular weight excluding hydrogens is 304 g/mol. The molecule has 0 spiro atoms. The first-order valence-corrected chi connectivity index (χ1v) is 8.07. The molecule has 0 fully saturated rings. The second-order valence-corrected chi connectivity index (χ2v) is 5.95. The van der Waals surface area contributed by atoms with Gasteiger partial charge in [0.1, 0.15) is 0 Å². The number of nitrogens with one attached hydrogen (secondary N) is 1. The van der Waals surface area contributed by atoms with Crippen LogP contribution in [0.15, 0.2) is 59.8 Å². The van der Waals surface area contributed by atoms with Crippen LogP contribution in [-0.4, -0.2) is 24.5 Å². The van der Waals surface area contributed by atoms with E-state index < -0.39 is 11.4 Å². The van der Waals surface area contributed by atoms with Gasteiger partial charge in [0.2, 0.25) is 6.23 Å². The Bertz CT molecular complexity index is 803. The number of hydrogen-bond donors (Lipinski definition) is 1. The van der Waals surface area contributed by atoms with Gasteiger partial charge in [0.25, 0.3) is 0 Å². The number of esters is 1. The van der Waals surface area contributed by atoms with Crippen LogP contribution in [-0.2, 0) is 19.8 Å². The summed E-state index contributed by atoms with van der Waals surface area (Å²) in [5.74, 6) is -0.421. The fraction of sp³-hybridized carbons (Fsp3) is 0.263. The van der Waals surface area contributed by atoms with Gasteiger partial charge in [0.15, 0.2) is 5.71 Å². The first kappa shape index (κ1) is 14.8. The molecule has 2 atom stereocenters. The minimum atomic E-state index is -0.498. The van der Waals surface area contributed by atoms with E-state index in [-0.39, 0.29) is 6.23 Å². The average Bonchev–Trinajstić information content (AvgIpc) is 2.97. The normalized spacial score (nSPS) is 24.0. The first-order valence-electron chi connectivity index (χ1n) is 8.07. The number of carbonyl (C=O) groups excluding carboxylic acids is 1. The largest absolute Gasteiger partial charge is 0.461 e. The van der Waals surface area contributed by atoms with Crippen molar-refractivity contribution in [2.24, 2.45) is 5.16 Å². The van der Waals surface area contributed by atoms with Gasteiger partial charge >= 0.3 is 5.97 Å². The Hall–Kier alpha value is -2.82. The van der Waals surface area contributed by atoms with Crippen LogP contribution in [0.3, 0.4) is 0 Å². The van der Waals surface area contributed by atoms with E-state index >= 15 is 0 Å². The van der Waals surface area contributed by atoms with Crippen LogP contribution in [0.5, 0.6) is 0 Å². The van der Waals surface area contributed by atoms with Gasteiger partial charge in [0.05, 0.1) is 12.0 Å². The molecule has 2 aromatic rings. The Balaban J connectivity index is 1.85. The number of nitrogens with zero attached hydrogens (tertiary/aromatic N) is 1. The molecule has 0 aliphatic carbocycles. The third-order valence-electron chi connectivity index (χ3n) is 4.66. The van der Waals surface area contributed by atoms with Crippen LogP contribution in [0.25, 0.3) is 0 Å². The van der Waals surface area contributed by atoms with Gasteiger partial charge in [-0.1, -0.05) is 53.7 Å². The molecule has 0 unspecified atom stereocenters. The highest BCUT2D eigenvalue weighted by Gasteiger charge is 2.54. The summed E-state index contributed by atoms with van der Waals surface area (Å²) in [5.41, 5.74) is 3.02. The van der Waals surface area contributed by atoms with E-state index in [0.717, 1.165) is 16.8 Å². The lowest BCUT2D eigenvalue weighted by atomic mass is 9.70. The van der Waals surface area contributed by atoms with Gasteiger partial charge in [0, 0.05) is 12.1 Å². The fourth-order valence-electron chi connectivity index (χ4n) is 3.59. The zero-order valence-corrected chi connectivity index (χ0v) is 13.4. The van der Waals surface area contributed by atoms with Crippen LogP contribution in [0.2, 0.25) is 0 Å². The molecule has 1 N–H and O–H groups in total. The average molecular weight is 322 g/mol. The standard InChI is InChI=1S/C19H18N2O3/c1-2-23-17(22)16-12-19(13-8-4-3-5-9-13)14-10-6-7-11-15(14)20-18(19)24-21-16/h3-11,18,20H,2,12H2,1H3/t18-,19-/m1/s1. The molecule has 2 aliphatic heterocycles. The quantitative estimate of drug-likeness (QED) is 0.882. The van der Waals surface area contributed by atoms with Crippen LogP contribution in [0.1, 0.15) is 24.5 Å². The van der Waals surface area contributed by atoms with Gasteiger partial charge in [-0.2, -0.15) is 0 Å². The highest BCUT2D eigenvalue weighted by Crippen LogP contribution is 2.50. The molecule has 122 valence electrons. The summed E-state index contributed by atoms with van der Waals surface area (Å²) < 4.78 is 5.13. The molecule has 5 heteroatoms. The van der Waals surface area contributed by atoms with Crippen LogP contribution >= 0.6 is 0 Å². The molecule has 2 heterocycles. The van der Waals surface area contributed by atoms with Gasteiger partial charge in [-0.05, 0) is 24.1 Å². The van der Waals surface area contributed by atoms with Crippen molar-refractivity contribution in [1.29, 1.82) is 0 Å². The molecule has 4 rings (SSSR count). The van der Waals surface area contributed by atoms with E-state index in [1.165, 1.54) is 0 Å². The summed E-state index contributed by atoms with van der Waals surface area (Å²) >= 11 is 0. The number of anilines is 1. The van der Waals surface area contributed by atoms with Crippen molar-refractivity contribution >= 4 is 17.4 Å². The van der Waals surface area contributed by atoms with Crippen molar-refractivity contribution in [3.05, 3.63) is 65.7 Å². The van der Waals surface area contributed by atoms with Crippen LogP contribution in [0, 0.1) is 0 Å². The maximum Gasteiger partial charge on any atom is 0.356 e. The summed E-state index contributed by atoms with van der Waals surface area (Å²) in [6, 6.07) is 18.2. The molecule has 5 nitrogen and oxygen atoms in total. The third kappa shape index (κ3) is 2.08. The Kier molecular flexibility index (Phi) is 3.49. The summed E-state index contributed by atoms with van der Waals surface area (Å²) in [6.45, 7) is 2.10. The molecule has 0 radical (unpaired) electrons. The van der Waals surface area contributed by atoms with Crippen molar-refractivity contribution in [2.45, 2.75) is 25.0 Å². The Morgan fingerprint density at radius 1 is 1.25 bits per heavy atom. The third-order valence-corrected chi connectivity index (χ3v) is 4.66. The van der Waals surface area contributed by atoms with E-state index in [9.17, 15) is 4.79 Å². The van der Waals surface area contributed by atoms with Crippen molar-refractivity contribution in [2.75, 3.05) is 11.9 Å². The molecule has 0 saturated heterocycles. The predicted octanol–water partition coefficient (Wildman–Crippen LogP) is 3.06. The van der Waals surface area contributed by atoms with Crippen LogP contribution in [0.4, 0.5) is 5.69 Å². The molecule has 0 amide bonds. The molecule has 0 saturated carbocycles. The number of carbonyl (C=O) groups is 1. The van der Waals surface area contributed by atoms with E-state index in [2.05, 4.69) is 28.7 Å². The van der Waals surface area contributed by atoms with Gasteiger partial charge in [-0.25, -0.2) is 4.79 Å². The maximum atomic E-state index is 12.2. The minimum Gasteiger partial charge on any atom is -0.461 e. The number of oxime groups is 1. The number of ether oxygens (including phenoxy) is 1. The molecule has 24 heavy (non-hydrogen) atoms. The lowest BCUT2D eigenvalue weighted by Gasteiger charge is -2.37. The van der Waals surface area contributed by atoms with Gasteiger partial charge < -0.3 is 14.9 Å². The monoisotopic (exact) mass is 322 g/mol. The lowest BCUT2D eigenvalue weighted by Crippen LogP contribution is -2.47. The summed E-state index contributed by atoms with van der Waals surface area (Å²) in [4.78, 5) is 17.9. The SMILES string of the molecule is CCOC(=O)C1=NO[C@H]2Nc3ccccc3[C@]2(c2ccccc2)C1. The molecule has 2 aliphatic rings. The Labute approximate surface area is 140 Å². The molecular formula is C19H18N2O3. The van der Waals surface area contributed by atoms with Crippen molar-refractivity contribution < 1.29 is 14.4 Å². The van der Waals surface area contributed by atoms with Crippen molar-refractivity contribution in [1.82, 2.24) is 0 Å². The zero-order chi connectivity index (χ0) is 16.6. The Morgan fingerprint density at radius 2 is 2.00 bits per heavy atom. The van der Waals surface area contributed by atoms with E-state index in [0.29, 0.717) is 18.7 Å². The smallest absolute Gasteiger partial charge is 0.356 e. The number of fused-ring (bicyclic) bond motifs is 3. The number of rotatable bonds is 3. The highest BCUT2D eigenvalue weighted by atomic mass is 16.7. The Morgan fingerprint density at radius 3 is 2.79 bits per heavy atom. The van der Waals surface area contributed by atoms with E-state index in [1.54, 1.807) is 6.92 Å². The second-order valence-electron chi connectivity index (χ2n) is 5.95. The summed E-state index contributed by atoms with van der Waals surface area (Å²) in [6.07, 6.45) is 0.0836. The number of hydrogen-bond acceptors (Lipinski definition) is 5. The number of para-hydroxylation sites is 1. The van der Waals surface area contributed by atoms with Gasteiger partial charge in [-0.15, -0.1) is 0 Å². The fourth-order valence-corrected chi connectivity index (χ4v) is 3.59. The minimum absolute atomic E-state index is 0.314. The lowest BCUT2D eigenvalue weighted by molar-refractivity contribution is -0.136. The molecule has 0 aromatic heterocycles. The van der Waals surface area contributed by atoms with E-state index in [4.69, 9.17) is 9.57 Å². The molecule has 0 bridgehead atoms. The predicted molar refractivity (Wildman–Crippen MR) is 90.8 cm³/mol. The van der Waals surface area contributed by atoms with Crippen LogP contribution < -0.4 is 5.32 Å². The van der Waals surface area contributed by atoms with Crippen molar-refractivity contribution in [3.63, 3.8) is 0 Å². The van der Waals surface area contributed by atoms with Crippen molar-refractivity contribution in [3.8, 4) is 0 Å². The maximum absolute atomic E-state index is 12.2. The van der Waals surface area contributed by atoms with E-state index in [1.807, 2.05) is 36.4 Å². The molecule has 2 aromatic carbocycles.